The summed E-state index contributed by atoms with van der Waals surface area (Å²) in [6.07, 6.45) is 4.34. The molecule has 0 bridgehead atoms. The Labute approximate surface area is 127 Å². The fourth-order valence-corrected chi connectivity index (χ4v) is 2.57. The van der Waals surface area contributed by atoms with Crippen molar-refractivity contribution < 1.29 is 14.3 Å². The quantitative estimate of drug-likeness (QED) is 0.595. The first-order valence-corrected chi connectivity index (χ1v) is 7.96. The average Bonchev–Trinajstić information content (AvgIpc) is 2.87. The van der Waals surface area contributed by atoms with E-state index in [4.69, 9.17) is 4.74 Å². The van der Waals surface area contributed by atoms with E-state index in [-0.39, 0.29) is 18.0 Å². The van der Waals surface area contributed by atoms with Crippen molar-refractivity contribution in [2.75, 3.05) is 19.7 Å². The van der Waals surface area contributed by atoms with Crippen molar-refractivity contribution in [3.63, 3.8) is 0 Å². The van der Waals surface area contributed by atoms with Gasteiger partial charge in [-0.15, -0.1) is 0 Å². The third-order valence-electron chi connectivity index (χ3n) is 3.64. The van der Waals surface area contributed by atoms with E-state index in [0.717, 1.165) is 19.3 Å². The van der Waals surface area contributed by atoms with Crippen LogP contribution >= 0.6 is 0 Å². The molecule has 0 unspecified atom stereocenters. The highest BCUT2D eigenvalue weighted by Crippen LogP contribution is 2.29. The summed E-state index contributed by atoms with van der Waals surface area (Å²) >= 11 is 0. The van der Waals surface area contributed by atoms with Gasteiger partial charge in [-0.1, -0.05) is 12.8 Å². The fourth-order valence-electron chi connectivity index (χ4n) is 2.57. The summed E-state index contributed by atoms with van der Waals surface area (Å²) in [5.41, 5.74) is -0.738. The van der Waals surface area contributed by atoms with E-state index in [0.29, 0.717) is 32.5 Å². The zero-order valence-corrected chi connectivity index (χ0v) is 13.5. The maximum Gasteiger partial charge on any atom is 0.315 e. The van der Waals surface area contributed by atoms with Crippen LogP contribution in [-0.2, 0) is 9.53 Å². The van der Waals surface area contributed by atoms with Crippen LogP contribution in [0.4, 0.5) is 4.79 Å². The lowest BCUT2D eigenvalue weighted by molar-refractivity contribution is -0.127. The third kappa shape index (κ3) is 5.91. The zero-order valence-electron chi connectivity index (χ0n) is 13.5. The van der Waals surface area contributed by atoms with Crippen LogP contribution in [0.1, 0.15) is 52.9 Å². The standard InChI is InChI=1S/C15H29N3O3/c1-4-16-14(20)18-15(8-5-6-9-15)13(19)17-10-7-11-21-12(2)3/h12H,4-11H2,1-3H3,(H,17,19)(H2,16,18,20). The van der Waals surface area contributed by atoms with E-state index in [9.17, 15) is 9.59 Å². The first-order valence-electron chi connectivity index (χ1n) is 7.96. The second kappa shape index (κ2) is 8.87. The van der Waals surface area contributed by atoms with Gasteiger partial charge < -0.3 is 20.7 Å². The van der Waals surface area contributed by atoms with Gasteiger partial charge in [-0.2, -0.15) is 0 Å². The van der Waals surface area contributed by atoms with Crippen LogP contribution in [0.15, 0.2) is 0 Å². The molecule has 3 amide bonds. The van der Waals surface area contributed by atoms with Gasteiger partial charge in [-0.3, -0.25) is 4.79 Å². The highest BCUT2D eigenvalue weighted by atomic mass is 16.5. The van der Waals surface area contributed by atoms with Gasteiger partial charge in [0, 0.05) is 19.7 Å². The number of urea groups is 1. The molecule has 1 fully saturated rings. The second-order valence-electron chi connectivity index (χ2n) is 5.80. The number of ether oxygens (including phenoxy) is 1. The molecule has 1 rings (SSSR count). The molecule has 1 saturated carbocycles. The molecule has 0 aliphatic heterocycles. The molecule has 0 aromatic rings. The molecule has 0 aromatic carbocycles. The molecule has 0 atom stereocenters. The fraction of sp³-hybridized carbons (Fsp3) is 0.867. The van der Waals surface area contributed by atoms with Crippen molar-refractivity contribution in [3.05, 3.63) is 0 Å². The van der Waals surface area contributed by atoms with Gasteiger partial charge in [0.2, 0.25) is 5.91 Å². The minimum atomic E-state index is -0.738. The monoisotopic (exact) mass is 299 g/mol. The summed E-state index contributed by atoms with van der Waals surface area (Å²) in [6.45, 7) is 7.59. The van der Waals surface area contributed by atoms with Crippen LogP contribution in [0, 0.1) is 0 Å². The Bertz CT molecular complexity index is 339. The Kier molecular flexibility index (Phi) is 7.50. The molecule has 122 valence electrons. The molecular formula is C15H29N3O3. The predicted molar refractivity (Wildman–Crippen MR) is 82.1 cm³/mol. The Balaban J connectivity index is 2.40. The van der Waals surface area contributed by atoms with Crippen LogP contribution in [0.2, 0.25) is 0 Å². The number of amides is 3. The minimum Gasteiger partial charge on any atom is -0.379 e. The smallest absolute Gasteiger partial charge is 0.315 e. The Morgan fingerprint density at radius 1 is 1.19 bits per heavy atom. The van der Waals surface area contributed by atoms with Crippen LogP contribution < -0.4 is 16.0 Å². The third-order valence-corrected chi connectivity index (χ3v) is 3.64. The molecule has 21 heavy (non-hydrogen) atoms. The second-order valence-corrected chi connectivity index (χ2v) is 5.80. The van der Waals surface area contributed by atoms with Crippen LogP contribution in [-0.4, -0.2) is 43.3 Å². The molecule has 0 aromatic heterocycles. The Hall–Kier alpha value is -1.30. The lowest BCUT2D eigenvalue weighted by atomic mass is 9.96. The van der Waals surface area contributed by atoms with Gasteiger partial charge >= 0.3 is 6.03 Å². The zero-order chi connectivity index (χ0) is 15.7. The maximum absolute atomic E-state index is 12.4. The van der Waals surface area contributed by atoms with Crippen molar-refractivity contribution in [2.45, 2.75) is 64.5 Å². The van der Waals surface area contributed by atoms with Crippen molar-refractivity contribution in [3.8, 4) is 0 Å². The molecule has 1 aliphatic rings. The lowest BCUT2D eigenvalue weighted by Crippen LogP contribution is -2.59. The average molecular weight is 299 g/mol. The molecular weight excluding hydrogens is 270 g/mol. The summed E-state index contributed by atoms with van der Waals surface area (Å²) in [4.78, 5) is 24.1. The van der Waals surface area contributed by atoms with Crippen LogP contribution in [0.3, 0.4) is 0 Å². The number of rotatable bonds is 8. The molecule has 3 N–H and O–H groups in total. The Morgan fingerprint density at radius 2 is 1.86 bits per heavy atom. The molecule has 6 nitrogen and oxygen atoms in total. The van der Waals surface area contributed by atoms with Crippen molar-refractivity contribution >= 4 is 11.9 Å². The number of hydrogen-bond acceptors (Lipinski definition) is 3. The van der Waals surface area contributed by atoms with E-state index in [1.807, 2.05) is 20.8 Å². The highest BCUT2D eigenvalue weighted by Gasteiger charge is 2.42. The predicted octanol–water partition coefficient (Wildman–Crippen LogP) is 1.55. The van der Waals surface area contributed by atoms with Gasteiger partial charge in [-0.25, -0.2) is 4.79 Å². The number of nitrogens with one attached hydrogen (secondary N) is 3. The molecule has 0 spiro atoms. The van der Waals surface area contributed by atoms with E-state index < -0.39 is 5.54 Å². The minimum absolute atomic E-state index is 0.0733. The normalized spacial score (nSPS) is 16.8. The van der Waals surface area contributed by atoms with E-state index >= 15 is 0 Å². The first kappa shape index (κ1) is 17.8. The van der Waals surface area contributed by atoms with Crippen LogP contribution in [0.25, 0.3) is 0 Å². The van der Waals surface area contributed by atoms with Gasteiger partial charge in [-0.05, 0) is 40.0 Å². The van der Waals surface area contributed by atoms with Crippen molar-refractivity contribution in [2.24, 2.45) is 0 Å². The van der Waals surface area contributed by atoms with Gasteiger partial charge in [0.1, 0.15) is 5.54 Å². The molecule has 6 heteroatoms. The van der Waals surface area contributed by atoms with Gasteiger partial charge in [0.15, 0.2) is 0 Å². The summed E-state index contributed by atoms with van der Waals surface area (Å²) in [7, 11) is 0. The first-order chi connectivity index (χ1) is 10.00. The highest BCUT2D eigenvalue weighted by molar-refractivity contribution is 5.91. The summed E-state index contributed by atoms with van der Waals surface area (Å²) in [5, 5.41) is 8.47. The van der Waals surface area contributed by atoms with Crippen LogP contribution in [0.5, 0.6) is 0 Å². The largest absolute Gasteiger partial charge is 0.379 e. The topological polar surface area (TPSA) is 79.5 Å². The number of carbonyl (C=O) groups is 2. The molecule has 0 heterocycles. The Morgan fingerprint density at radius 3 is 2.43 bits per heavy atom. The molecule has 1 aliphatic carbocycles. The van der Waals surface area contributed by atoms with Gasteiger partial charge in [0.25, 0.3) is 0 Å². The number of carbonyl (C=O) groups excluding carboxylic acids is 2. The summed E-state index contributed by atoms with van der Waals surface area (Å²) < 4.78 is 5.44. The van der Waals surface area contributed by atoms with Crippen molar-refractivity contribution in [1.29, 1.82) is 0 Å². The van der Waals surface area contributed by atoms with Gasteiger partial charge in [0.05, 0.1) is 6.10 Å². The maximum atomic E-state index is 12.4. The van der Waals surface area contributed by atoms with E-state index in [1.165, 1.54) is 0 Å². The van der Waals surface area contributed by atoms with E-state index in [1.54, 1.807) is 0 Å². The lowest BCUT2D eigenvalue weighted by Gasteiger charge is -2.29. The molecule has 0 radical (unpaired) electrons. The number of hydrogen-bond donors (Lipinski definition) is 3. The SMILES string of the molecule is CCNC(=O)NC1(C(=O)NCCCOC(C)C)CCCC1. The summed E-state index contributed by atoms with van der Waals surface area (Å²) in [6, 6.07) is -0.266. The summed E-state index contributed by atoms with van der Waals surface area (Å²) in [5.74, 6) is -0.0733. The van der Waals surface area contributed by atoms with E-state index in [2.05, 4.69) is 16.0 Å². The molecule has 0 saturated heterocycles. The van der Waals surface area contributed by atoms with Crippen molar-refractivity contribution in [1.82, 2.24) is 16.0 Å².